The number of benzene rings is 1. The lowest BCUT2D eigenvalue weighted by atomic mass is 9.95. The van der Waals surface area contributed by atoms with Crippen molar-refractivity contribution in [3.05, 3.63) is 29.8 Å². The molecule has 120 valence electrons. The zero-order valence-corrected chi connectivity index (χ0v) is 13.2. The van der Waals surface area contributed by atoms with E-state index in [1.165, 1.54) is 24.8 Å². The van der Waals surface area contributed by atoms with Crippen molar-refractivity contribution in [2.75, 3.05) is 13.7 Å². The maximum atomic E-state index is 11.1. The van der Waals surface area contributed by atoms with Gasteiger partial charge in [-0.15, -0.1) is 0 Å². The van der Waals surface area contributed by atoms with E-state index in [2.05, 4.69) is 11.0 Å². The van der Waals surface area contributed by atoms with Gasteiger partial charge >= 0.3 is 5.97 Å². The first-order valence-corrected chi connectivity index (χ1v) is 8.28. The topological polar surface area (TPSA) is 49.8 Å². The number of carboxylic acids is 1. The van der Waals surface area contributed by atoms with Gasteiger partial charge in [0.15, 0.2) is 0 Å². The van der Waals surface area contributed by atoms with Crippen molar-refractivity contribution in [3.63, 3.8) is 0 Å². The first-order valence-electron chi connectivity index (χ1n) is 8.28. The van der Waals surface area contributed by atoms with Crippen molar-refractivity contribution < 1.29 is 14.6 Å². The maximum Gasteiger partial charge on any atom is 0.304 e. The van der Waals surface area contributed by atoms with Gasteiger partial charge in [0.05, 0.1) is 13.5 Å². The monoisotopic (exact) mass is 303 g/mol. The Morgan fingerprint density at radius 2 is 2.18 bits per heavy atom. The quantitative estimate of drug-likeness (QED) is 0.841. The highest BCUT2D eigenvalue weighted by Gasteiger charge is 2.45. The van der Waals surface area contributed by atoms with E-state index in [4.69, 9.17) is 9.84 Å². The number of piperidine rings is 1. The van der Waals surface area contributed by atoms with Crippen molar-refractivity contribution in [1.82, 2.24) is 4.90 Å². The van der Waals surface area contributed by atoms with E-state index < -0.39 is 5.97 Å². The summed E-state index contributed by atoms with van der Waals surface area (Å²) >= 11 is 0. The lowest BCUT2D eigenvalue weighted by Gasteiger charge is -2.34. The average molecular weight is 303 g/mol. The summed E-state index contributed by atoms with van der Waals surface area (Å²) in [5, 5.41) is 9.15. The number of carboxylic acid groups (broad SMARTS) is 1. The third-order valence-electron chi connectivity index (χ3n) is 5.32. The molecule has 0 unspecified atom stereocenters. The highest BCUT2D eigenvalue weighted by atomic mass is 16.5. The largest absolute Gasteiger partial charge is 0.496 e. The molecule has 4 nitrogen and oxygen atoms in total. The molecule has 0 amide bonds. The predicted octanol–water partition coefficient (Wildman–Crippen LogP) is 2.96. The first kappa shape index (κ1) is 15.3. The molecule has 1 saturated heterocycles. The second-order valence-electron chi connectivity index (χ2n) is 6.55. The Labute approximate surface area is 132 Å². The fraction of sp³-hybridized carbons (Fsp3) is 0.611. The van der Waals surface area contributed by atoms with Crippen molar-refractivity contribution >= 4 is 5.97 Å². The number of carbonyl (C=O) groups is 1. The third-order valence-corrected chi connectivity index (χ3v) is 5.32. The Morgan fingerprint density at radius 1 is 1.36 bits per heavy atom. The number of ether oxygens (including phenoxy) is 1. The second-order valence-corrected chi connectivity index (χ2v) is 6.55. The van der Waals surface area contributed by atoms with E-state index in [1.54, 1.807) is 7.11 Å². The van der Waals surface area contributed by atoms with Gasteiger partial charge in [0.25, 0.3) is 0 Å². The number of nitrogens with zero attached hydrogens (tertiary/aromatic N) is 1. The number of hydrogen-bond acceptors (Lipinski definition) is 3. The van der Waals surface area contributed by atoms with E-state index in [-0.39, 0.29) is 6.04 Å². The summed E-state index contributed by atoms with van der Waals surface area (Å²) in [5.41, 5.74) is 1.24. The molecule has 1 aromatic rings. The van der Waals surface area contributed by atoms with Gasteiger partial charge in [0.2, 0.25) is 0 Å². The third kappa shape index (κ3) is 3.12. The summed E-state index contributed by atoms with van der Waals surface area (Å²) in [6, 6.07) is 9.03. The molecular weight excluding hydrogens is 278 g/mol. The van der Waals surface area contributed by atoms with E-state index in [0.29, 0.717) is 18.4 Å². The van der Waals surface area contributed by atoms with E-state index in [1.807, 2.05) is 18.2 Å². The molecule has 1 aromatic carbocycles. The molecule has 1 aliphatic carbocycles. The van der Waals surface area contributed by atoms with E-state index in [9.17, 15) is 4.79 Å². The minimum absolute atomic E-state index is 0.258. The number of likely N-dealkylation sites (tertiary alicyclic amines) is 1. The van der Waals surface area contributed by atoms with Crippen LogP contribution in [-0.4, -0.2) is 41.7 Å². The molecule has 2 fully saturated rings. The van der Waals surface area contributed by atoms with Crippen LogP contribution in [0, 0.1) is 5.92 Å². The van der Waals surface area contributed by atoms with Crippen molar-refractivity contribution in [1.29, 1.82) is 0 Å². The van der Waals surface area contributed by atoms with Gasteiger partial charge in [-0.2, -0.15) is 0 Å². The van der Waals surface area contributed by atoms with Crippen LogP contribution in [0.2, 0.25) is 0 Å². The van der Waals surface area contributed by atoms with Crippen LogP contribution in [0.3, 0.4) is 0 Å². The van der Waals surface area contributed by atoms with Crippen LogP contribution >= 0.6 is 0 Å². The van der Waals surface area contributed by atoms with Gasteiger partial charge in [-0.3, -0.25) is 9.69 Å². The zero-order chi connectivity index (χ0) is 15.5. The molecule has 1 N–H and O–H groups in total. The number of aliphatic carboxylic acids is 1. The van der Waals surface area contributed by atoms with Crippen LogP contribution < -0.4 is 4.74 Å². The normalized spacial score (nSPS) is 27.2. The summed E-state index contributed by atoms with van der Waals surface area (Å²) in [6.07, 6.45) is 6.00. The first-order chi connectivity index (χ1) is 10.7. The minimum atomic E-state index is -0.660. The van der Waals surface area contributed by atoms with Crippen LogP contribution in [0.5, 0.6) is 5.75 Å². The van der Waals surface area contributed by atoms with Crippen molar-refractivity contribution in [2.45, 2.75) is 50.6 Å². The average Bonchev–Trinajstić information content (AvgIpc) is 3.10. The Hall–Kier alpha value is -1.55. The Morgan fingerprint density at radius 3 is 2.95 bits per heavy atom. The molecule has 2 bridgehead atoms. The van der Waals surface area contributed by atoms with E-state index in [0.717, 1.165) is 25.1 Å². The molecule has 1 heterocycles. The Kier molecular flexibility index (Phi) is 4.67. The molecule has 4 heteroatoms. The SMILES string of the molecule is COc1ccccc1CCCN1[C@@H]2CC[C@@H](C2)[C@H]1CC(=O)O. The summed E-state index contributed by atoms with van der Waals surface area (Å²) in [6.45, 7) is 0.997. The molecule has 0 radical (unpaired) electrons. The summed E-state index contributed by atoms with van der Waals surface area (Å²) in [4.78, 5) is 13.6. The zero-order valence-electron chi connectivity index (χ0n) is 13.2. The molecule has 0 spiro atoms. The van der Waals surface area contributed by atoms with Crippen LogP contribution in [0.15, 0.2) is 24.3 Å². The fourth-order valence-electron chi connectivity index (χ4n) is 4.36. The lowest BCUT2D eigenvalue weighted by Crippen LogP contribution is -2.42. The number of hydrogen-bond donors (Lipinski definition) is 1. The Balaban J connectivity index is 1.57. The molecule has 2 aliphatic rings. The van der Waals surface area contributed by atoms with Gasteiger partial charge in [0, 0.05) is 12.1 Å². The molecule has 3 atom stereocenters. The van der Waals surface area contributed by atoms with Crippen LogP contribution in [0.25, 0.3) is 0 Å². The maximum absolute atomic E-state index is 11.1. The number of methoxy groups -OCH3 is 1. The van der Waals surface area contributed by atoms with Crippen LogP contribution in [-0.2, 0) is 11.2 Å². The number of fused-ring (bicyclic) bond motifs is 2. The molecule has 22 heavy (non-hydrogen) atoms. The Bertz CT molecular complexity index is 531. The number of rotatable bonds is 7. The summed E-state index contributed by atoms with van der Waals surface area (Å²) in [5.74, 6) is 0.896. The number of para-hydroxylation sites is 1. The number of aryl methyl sites for hydroxylation is 1. The van der Waals surface area contributed by atoms with Crippen LogP contribution in [0.4, 0.5) is 0 Å². The van der Waals surface area contributed by atoms with Crippen molar-refractivity contribution in [2.24, 2.45) is 5.92 Å². The molecular formula is C18H25NO3. The van der Waals surface area contributed by atoms with Gasteiger partial charge < -0.3 is 9.84 Å². The summed E-state index contributed by atoms with van der Waals surface area (Å²) < 4.78 is 5.40. The van der Waals surface area contributed by atoms with Crippen LogP contribution in [0.1, 0.15) is 37.7 Å². The van der Waals surface area contributed by atoms with Crippen molar-refractivity contribution in [3.8, 4) is 5.75 Å². The predicted molar refractivity (Wildman–Crippen MR) is 85.2 cm³/mol. The minimum Gasteiger partial charge on any atom is -0.496 e. The molecule has 3 rings (SSSR count). The highest BCUT2D eigenvalue weighted by Crippen LogP contribution is 2.43. The highest BCUT2D eigenvalue weighted by molar-refractivity contribution is 5.67. The second kappa shape index (κ2) is 6.69. The molecule has 1 saturated carbocycles. The molecule has 1 aliphatic heterocycles. The lowest BCUT2D eigenvalue weighted by molar-refractivity contribution is -0.138. The molecule has 0 aromatic heterocycles. The smallest absolute Gasteiger partial charge is 0.304 e. The summed E-state index contributed by atoms with van der Waals surface area (Å²) in [7, 11) is 1.71. The van der Waals surface area contributed by atoms with Gasteiger partial charge in [-0.25, -0.2) is 0 Å². The van der Waals surface area contributed by atoms with Gasteiger partial charge in [-0.05, 0) is 56.2 Å². The standard InChI is InChI=1S/C18H25NO3/c1-22-17-7-3-2-5-13(17)6-4-10-19-15-9-8-14(11-15)16(19)12-18(20)21/h2-3,5,7,14-16H,4,6,8-12H2,1H3,(H,20,21)/t14-,15+,16+/m0/s1. The fourth-order valence-corrected chi connectivity index (χ4v) is 4.36. The van der Waals surface area contributed by atoms with Gasteiger partial charge in [0.1, 0.15) is 5.75 Å². The van der Waals surface area contributed by atoms with E-state index >= 15 is 0 Å². The van der Waals surface area contributed by atoms with Gasteiger partial charge in [-0.1, -0.05) is 18.2 Å².